The van der Waals surface area contributed by atoms with E-state index < -0.39 is 13.9 Å². The molecule has 0 aromatic rings. The Morgan fingerprint density at radius 2 is 1.13 bits per heavy atom. The molecule has 47 heavy (non-hydrogen) atoms. The van der Waals surface area contributed by atoms with E-state index in [1.165, 1.54) is 103 Å². The van der Waals surface area contributed by atoms with Crippen LogP contribution in [0.15, 0.2) is 12.2 Å². The van der Waals surface area contributed by atoms with Crippen molar-refractivity contribution in [3.63, 3.8) is 0 Å². The molecule has 0 amide bonds. The van der Waals surface area contributed by atoms with Gasteiger partial charge in [-0.25, -0.2) is 0 Å². The van der Waals surface area contributed by atoms with E-state index in [0.29, 0.717) is 24.1 Å². The van der Waals surface area contributed by atoms with Crippen molar-refractivity contribution in [2.75, 3.05) is 54.1 Å². The molecule has 9 heteroatoms. The van der Waals surface area contributed by atoms with Crippen LogP contribution in [-0.4, -0.2) is 70.7 Å². The lowest BCUT2D eigenvalue weighted by atomic mass is 10.0. The highest BCUT2D eigenvalue weighted by molar-refractivity contribution is 7.45. The third-order valence-corrected chi connectivity index (χ3v) is 9.28. The number of ether oxygens (including phenoxy) is 2. The van der Waals surface area contributed by atoms with Crippen LogP contribution in [0.1, 0.15) is 168 Å². The minimum Gasteiger partial charge on any atom is -0.756 e. The molecule has 0 rings (SSSR count). The largest absolute Gasteiger partial charge is 0.756 e. The molecule has 0 saturated heterocycles. The van der Waals surface area contributed by atoms with Gasteiger partial charge in [0.05, 0.1) is 34.4 Å². The average Bonchev–Trinajstić information content (AvgIpc) is 3.01. The molecule has 0 saturated carbocycles. The Bertz CT molecular complexity index is 772. The molecule has 0 spiro atoms. The lowest BCUT2D eigenvalue weighted by Gasteiger charge is -2.28. The third-order valence-electron chi connectivity index (χ3n) is 8.32. The first-order valence-corrected chi connectivity index (χ1v) is 20.9. The van der Waals surface area contributed by atoms with Crippen LogP contribution >= 0.6 is 7.82 Å². The lowest BCUT2D eigenvalue weighted by molar-refractivity contribution is -0.870. The highest BCUT2D eigenvalue weighted by atomic mass is 31.2. The van der Waals surface area contributed by atoms with Gasteiger partial charge in [0, 0.05) is 13.0 Å². The molecule has 0 aromatic heterocycles. The van der Waals surface area contributed by atoms with Gasteiger partial charge in [-0.15, -0.1) is 0 Å². The average molecular weight is 690 g/mol. The fraction of sp³-hybridized carbons (Fsp3) is 0.921. The first-order chi connectivity index (χ1) is 22.6. The maximum Gasteiger partial charge on any atom is 0.306 e. The Labute approximate surface area is 290 Å². The van der Waals surface area contributed by atoms with E-state index in [9.17, 15) is 14.3 Å². The molecule has 0 aliphatic heterocycles. The van der Waals surface area contributed by atoms with E-state index in [1.807, 2.05) is 21.1 Å². The second kappa shape index (κ2) is 32.4. The molecule has 280 valence electrons. The minimum absolute atomic E-state index is 0.0273. The summed E-state index contributed by atoms with van der Waals surface area (Å²) < 4.78 is 34.4. The third kappa shape index (κ3) is 36.3. The number of carbonyl (C=O) groups excluding carboxylic acids is 1. The van der Waals surface area contributed by atoms with Crippen molar-refractivity contribution in [2.45, 2.75) is 174 Å². The van der Waals surface area contributed by atoms with Gasteiger partial charge in [-0.1, -0.05) is 142 Å². The van der Waals surface area contributed by atoms with Crippen LogP contribution < -0.4 is 4.89 Å². The second-order valence-electron chi connectivity index (χ2n) is 14.3. The summed E-state index contributed by atoms with van der Waals surface area (Å²) in [7, 11) is 1.36. The number of rotatable bonds is 36. The number of phosphoric ester groups is 1. The summed E-state index contributed by atoms with van der Waals surface area (Å²) in [6, 6.07) is 0. The molecule has 0 aliphatic rings. The van der Waals surface area contributed by atoms with Crippen LogP contribution in [0.25, 0.3) is 0 Å². The van der Waals surface area contributed by atoms with E-state index in [2.05, 4.69) is 26.0 Å². The normalized spacial score (nSPS) is 14.1. The number of hydrogen-bond donors (Lipinski definition) is 0. The maximum atomic E-state index is 12.6. The molecule has 0 aliphatic carbocycles. The number of unbranched alkanes of at least 4 members (excludes halogenated alkanes) is 20. The van der Waals surface area contributed by atoms with Gasteiger partial charge in [-0.3, -0.25) is 9.36 Å². The zero-order valence-corrected chi connectivity index (χ0v) is 32.4. The van der Waals surface area contributed by atoms with Gasteiger partial charge in [0.2, 0.25) is 0 Å². The lowest BCUT2D eigenvalue weighted by Crippen LogP contribution is -2.37. The second-order valence-corrected chi connectivity index (χ2v) is 15.7. The Kier molecular flexibility index (Phi) is 31.9. The van der Waals surface area contributed by atoms with Gasteiger partial charge in [0.15, 0.2) is 0 Å². The Balaban J connectivity index is 4.27. The SMILES string of the molecule is CCCC/C=C\CCCCCCCC(=O)OC(COCCCCCCCCCCCCCCCC)COP(=O)([O-])OCC[N+](C)(C)C. The summed E-state index contributed by atoms with van der Waals surface area (Å²) in [5.74, 6) is -0.343. The summed E-state index contributed by atoms with van der Waals surface area (Å²) in [5.41, 5.74) is 0. The predicted molar refractivity (Wildman–Crippen MR) is 194 cm³/mol. The Hall–Kier alpha value is -0.760. The molecule has 0 radical (unpaired) electrons. The molecule has 0 N–H and O–H groups in total. The van der Waals surface area contributed by atoms with Crippen LogP contribution in [0.5, 0.6) is 0 Å². The van der Waals surface area contributed by atoms with E-state index in [1.54, 1.807) is 0 Å². The zero-order chi connectivity index (χ0) is 34.9. The predicted octanol–water partition coefficient (Wildman–Crippen LogP) is 10.1. The quantitative estimate of drug-likeness (QED) is 0.0212. The monoisotopic (exact) mass is 690 g/mol. The molecule has 0 fully saturated rings. The van der Waals surface area contributed by atoms with Crippen molar-refractivity contribution in [3.8, 4) is 0 Å². The van der Waals surface area contributed by atoms with Crippen LogP contribution in [0, 0.1) is 0 Å². The summed E-state index contributed by atoms with van der Waals surface area (Å²) in [6.45, 7) is 5.38. The van der Waals surface area contributed by atoms with Crippen molar-refractivity contribution in [1.29, 1.82) is 0 Å². The standard InChI is InChI=1S/C38H76NO7P/c1-6-8-10-12-14-16-18-19-20-22-24-26-28-30-33-43-35-37(36-45-47(41,42)44-34-32-39(3,4)5)46-38(40)31-29-27-25-23-21-17-15-13-11-9-7-2/h13,15,37H,6-12,14,16-36H2,1-5H3/b15-13-. The molecule has 8 nitrogen and oxygen atoms in total. The number of nitrogens with zero attached hydrogens (tertiary/aromatic N) is 1. The first-order valence-electron chi connectivity index (χ1n) is 19.4. The number of phosphoric acid groups is 1. The highest BCUT2D eigenvalue weighted by Crippen LogP contribution is 2.38. The smallest absolute Gasteiger partial charge is 0.306 e. The van der Waals surface area contributed by atoms with Crippen molar-refractivity contribution >= 4 is 13.8 Å². The van der Waals surface area contributed by atoms with Gasteiger partial charge in [-0.2, -0.15) is 0 Å². The molecule has 0 aromatic carbocycles. The van der Waals surface area contributed by atoms with Crippen molar-refractivity contribution < 1.29 is 37.3 Å². The summed E-state index contributed by atoms with van der Waals surface area (Å²) >= 11 is 0. The topological polar surface area (TPSA) is 94.1 Å². The van der Waals surface area contributed by atoms with E-state index in [0.717, 1.165) is 44.9 Å². The summed E-state index contributed by atoms with van der Waals surface area (Å²) in [4.78, 5) is 24.9. The fourth-order valence-corrected chi connectivity index (χ4v) is 5.96. The molecule has 0 heterocycles. The fourth-order valence-electron chi connectivity index (χ4n) is 5.23. The van der Waals surface area contributed by atoms with Gasteiger partial charge >= 0.3 is 5.97 Å². The van der Waals surface area contributed by atoms with Crippen molar-refractivity contribution in [1.82, 2.24) is 0 Å². The summed E-state index contributed by atoms with van der Waals surface area (Å²) in [6.07, 6.45) is 32.1. The van der Waals surface area contributed by atoms with Crippen LogP contribution in [0.2, 0.25) is 0 Å². The Morgan fingerprint density at radius 3 is 1.68 bits per heavy atom. The number of carbonyl (C=O) groups is 1. The van der Waals surface area contributed by atoms with E-state index in [4.69, 9.17) is 18.5 Å². The number of esters is 1. The highest BCUT2D eigenvalue weighted by Gasteiger charge is 2.20. The molecule has 2 unspecified atom stereocenters. The van der Waals surface area contributed by atoms with Gasteiger partial charge in [-0.05, 0) is 32.1 Å². The number of likely N-dealkylation sites (N-methyl/N-ethyl adjacent to an activating group) is 1. The first kappa shape index (κ1) is 46.2. The van der Waals surface area contributed by atoms with Crippen LogP contribution in [0.3, 0.4) is 0 Å². The summed E-state index contributed by atoms with van der Waals surface area (Å²) in [5, 5.41) is 0. The van der Waals surface area contributed by atoms with Gasteiger partial charge in [0.1, 0.15) is 19.3 Å². The van der Waals surface area contributed by atoms with E-state index in [-0.39, 0.29) is 25.8 Å². The number of hydrogen-bond acceptors (Lipinski definition) is 7. The number of quaternary nitrogens is 1. The molecule has 2 atom stereocenters. The van der Waals surface area contributed by atoms with Crippen molar-refractivity contribution in [3.05, 3.63) is 12.2 Å². The Morgan fingerprint density at radius 1 is 0.638 bits per heavy atom. The maximum absolute atomic E-state index is 12.6. The van der Waals surface area contributed by atoms with Crippen LogP contribution in [-0.2, 0) is 27.9 Å². The number of allylic oxidation sites excluding steroid dienone is 2. The molecular formula is C38H76NO7P. The molecular weight excluding hydrogens is 613 g/mol. The molecule has 0 bridgehead atoms. The van der Waals surface area contributed by atoms with Crippen molar-refractivity contribution in [2.24, 2.45) is 0 Å². The minimum atomic E-state index is -4.51. The van der Waals surface area contributed by atoms with E-state index >= 15 is 0 Å². The van der Waals surface area contributed by atoms with Crippen LogP contribution in [0.4, 0.5) is 0 Å². The van der Waals surface area contributed by atoms with Gasteiger partial charge in [0.25, 0.3) is 7.82 Å². The van der Waals surface area contributed by atoms with Gasteiger partial charge < -0.3 is 27.9 Å². The zero-order valence-electron chi connectivity index (χ0n) is 31.5.